The third kappa shape index (κ3) is 3.72. The highest BCUT2D eigenvalue weighted by Gasteiger charge is 2.24. The van der Waals surface area contributed by atoms with Gasteiger partial charge in [-0.2, -0.15) is 0 Å². The molecule has 0 atom stereocenters. The molecule has 0 aliphatic carbocycles. The topological polar surface area (TPSA) is 60.4 Å². The molecule has 0 N–H and O–H groups in total. The second kappa shape index (κ2) is 8.52. The SMILES string of the molecule is COc1ccc(C2=NCC(=O)N(C)c3ccc(-c4c(OC)cccc4OC)cc32)cc1. The number of methoxy groups -OCH3 is 3. The zero-order valence-electron chi connectivity index (χ0n) is 18.0. The highest BCUT2D eigenvalue weighted by atomic mass is 16.5. The summed E-state index contributed by atoms with van der Waals surface area (Å²) in [6.45, 7) is 0.0832. The molecule has 1 heterocycles. The fraction of sp³-hybridized carbons (Fsp3) is 0.200. The number of carbonyl (C=O) groups excluding carboxylic acids is 1. The molecule has 3 aromatic rings. The number of carbonyl (C=O) groups is 1. The molecule has 1 aliphatic rings. The summed E-state index contributed by atoms with van der Waals surface area (Å²) in [5, 5.41) is 0. The number of hydrogen-bond acceptors (Lipinski definition) is 5. The Kier molecular flexibility index (Phi) is 5.62. The minimum Gasteiger partial charge on any atom is -0.497 e. The van der Waals surface area contributed by atoms with E-state index in [1.165, 1.54) is 0 Å². The number of aliphatic imine (C=N–C) groups is 1. The van der Waals surface area contributed by atoms with Gasteiger partial charge in [0.25, 0.3) is 0 Å². The Bertz CT molecular complexity index is 1130. The van der Waals surface area contributed by atoms with Crippen LogP contribution in [0.15, 0.2) is 65.7 Å². The number of benzodiazepines with no additional fused rings is 1. The summed E-state index contributed by atoms with van der Waals surface area (Å²) in [7, 11) is 6.68. The van der Waals surface area contributed by atoms with Gasteiger partial charge in [-0.25, -0.2) is 0 Å². The lowest BCUT2D eigenvalue weighted by atomic mass is 9.94. The van der Waals surface area contributed by atoms with Crippen molar-refractivity contribution < 1.29 is 19.0 Å². The van der Waals surface area contributed by atoms with Crippen molar-refractivity contribution in [2.45, 2.75) is 0 Å². The van der Waals surface area contributed by atoms with Gasteiger partial charge < -0.3 is 19.1 Å². The van der Waals surface area contributed by atoms with Gasteiger partial charge in [-0.15, -0.1) is 0 Å². The summed E-state index contributed by atoms with van der Waals surface area (Å²) in [4.78, 5) is 18.9. The molecule has 1 aliphatic heterocycles. The lowest BCUT2D eigenvalue weighted by molar-refractivity contribution is -0.116. The zero-order valence-corrected chi connectivity index (χ0v) is 18.0. The van der Waals surface area contributed by atoms with Crippen LogP contribution in [0.5, 0.6) is 17.2 Å². The first-order valence-electron chi connectivity index (χ1n) is 9.88. The van der Waals surface area contributed by atoms with Crippen LogP contribution in [0.2, 0.25) is 0 Å². The molecule has 4 rings (SSSR count). The molecule has 6 nitrogen and oxygen atoms in total. The van der Waals surface area contributed by atoms with E-state index in [4.69, 9.17) is 14.2 Å². The smallest absolute Gasteiger partial charge is 0.248 e. The molecular formula is C25H24N2O4. The van der Waals surface area contributed by atoms with E-state index >= 15 is 0 Å². The monoisotopic (exact) mass is 416 g/mol. The van der Waals surface area contributed by atoms with Gasteiger partial charge in [0.05, 0.1) is 38.3 Å². The van der Waals surface area contributed by atoms with Crippen LogP contribution in [0, 0.1) is 0 Å². The predicted octanol–water partition coefficient (Wildman–Crippen LogP) is 4.19. The van der Waals surface area contributed by atoms with Gasteiger partial charge in [0.15, 0.2) is 0 Å². The van der Waals surface area contributed by atoms with E-state index in [1.54, 1.807) is 33.3 Å². The van der Waals surface area contributed by atoms with Crippen LogP contribution < -0.4 is 19.1 Å². The summed E-state index contributed by atoms with van der Waals surface area (Å²) in [6.07, 6.45) is 0. The van der Waals surface area contributed by atoms with E-state index < -0.39 is 0 Å². The van der Waals surface area contributed by atoms with Crippen molar-refractivity contribution in [3.05, 3.63) is 71.8 Å². The van der Waals surface area contributed by atoms with E-state index in [0.29, 0.717) is 11.5 Å². The molecule has 0 unspecified atom stereocenters. The van der Waals surface area contributed by atoms with Gasteiger partial charge in [0, 0.05) is 18.2 Å². The molecule has 0 saturated heterocycles. The molecule has 1 amide bonds. The number of anilines is 1. The first-order chi connectivity index (χ1) is 15.1. The summed E-state index contributed by atoms with van der Waals surface area (Å²) < 4.78 is 16.5. The van der Waals surface area contributed by atoms with E-state index in [2.05, 4.69) is 4.99 Å². The largest absolute Gasteiger partial charge is 0.497 e. The molecule has 0 radical (unpaired) electrons. The molecule has 158 valence electrons. The van der Waals surface area contributed by atoms with E-state index in [0.717, 1.165) is 39.4 Å². The van der Waals surface area contributed by atoms with Crippen LogP contribution in [0.4, 0.5) is 5.69 Å². The van der Waals surface area contributed by atoms with Crippen molar-refractivity contribution in [3.8, 4) is 28.4 Å². The molecule has 0 bridgehead atoms. The van der Waals surface area contributed by atoms with Gasteiger partial charge in [-0.05, 0) is 54.1 Å². The van der Waals surface area contributed by atoms with E-state index in [9.17, 15) is 4.79 Å². The van der Waals surface area contributed by atoms with Crippen molar-refractivity contribution in [1.29, 1.82) is 0 Å². The average Bonchev–Trinajstić information content (AvgIpc) is 2.94. The molecule has 6 heteroatoms. The molecule has 3 aromatic carbocycles. The normalized spacial score (nSPS) is 13.2. The van der Waals surface area contributed by atoms with Crippen LogP contribution in [0.25, 0.3) is 11.1 Å². The van der Waals surface area contributed by atoms with Crippen LogP contribution >= 0.6 is 0 Å². The summed E-state index contributed by atoms with van der Waals surface area (Å²) >= 11 is 0. The minimum absolute atomic E-state index is 0.0626. The van der Waals surface area contributed by atoms with Crippen molar-refractivity contribution in [3.63, 3.8) is 0 Å². The molecule has 0 saturated carbocycles. The predicted molar refractivity (Wildman–Crippen MR) is 122 cm³/mol. The van der Waals surface area contributed by atoms with Crippen molar-refractivity contribution in [2.75, 3.05) is 39.8 Å². The number of nitrogens with zero attached hydrogens (tertiary/aromatic N) is 2. The van der Waals surface area contributed by atoms with Crippen LogP contribution in [0.1, 0.15) is 11.1 Å². The first-order valence-corrected chi connectivity index (χ1v) is 9.88. The second-order valence-corrected chi connectivity index (χ2v) is 7.12. The number of benzene rings is 3. The molecule has 0 aromatic heterocycles. The van der Waals surface area contributed by atoms with Crippen LogP contribution in [-0.4, -0.2) is 46.5 Å². The molecule has 0 fully saturated rings. The number of likely N-dealkylation sites (N-methyl/N-ethyl adjacent to an activating group) is 1. The van der Waals surface area contributed by atoms with Gasteiger partial charge in [0.1, 0.15) is 23.8 Å². The number of rotatable bonds is 5. The van der Waals surface area contributed by atoms with E-state index in [1.807, 2.05) is 60.7 Å². The zero-order chi connectivity index (χ0) is 22.0. The van der Waals surface area contributed by atoms with Crippen LogP contribution in [0.3, 0.4) is 0 Å². The summed E-state index contributed by atoms with van der Waals surface area (Å²) in [6, 6.07) is 19.3. The fourth-order valence-corrected chi connectivity index (χ4v) is 3.78. The Labute approximate surface area is 181 Å². The van der Waals surface area contributed by atoms with Crippen molar-refractivity contribution in [1.82, 2.24) is 0 Å². The fourth-order valence-electron chi connectivity index (χ4n) is 3.78. The van der Waals surface area contributed by atoms with Gasteiger partial charge in [0.2, 0.25) is 5.91 Å². The molecule has 31 heavy (non-hydrogen) atoms. The van der Waals surface area contributed by atoms with Gasteiger partial charge >= 0.3 is 0 Å². The maximum absolute atomic E-state index is 12.6. The maximum atomic E-state index is 12.6. The highest BCUT2D eigenvalue weighted by Crippen LogP contribution is 2.40. The number of hydrogen-bond donors (Lipinski definition) is 0. The minimum atomic E-state index is -0.0626. The standard InChI is InChI=1S/C25H24N2O4/c1-27-20-13-10-17(24-21(30-3)6-5-7-22(24)31-4)14-19(20)25(26-15-23(27)28)16-8-11-18(29-2)12-9-16/h5-14H,15H2,1-4H3. The number of amides is 1. The second-order valence-electron chi connectivity index (χ2n) is 7.12. The Morgan fingerprint density at radius 2 is 1.48 bits per heavy atom. The van der Waals surface area contributed by atoms with E-state index in [-0.39, 0.29) is 12.5 Å². The third-order valence-electron chi connectivity index (χ3n) is 5.44. The molecular weight excluding hydrogens is 392 g/mol. The summed E-state index contributed by atoms with van der Waals surface area (Å²) in [5.74, 6) is 2.12. The number of ether oxygens (including phenoxy) is 3. The quantitative estimate of drug-likeness (QED) is 0.626. The van der Waals surface area contributed by atoms with Gasteiger partial charge in [-0.1, -0.05) is 12.1 Å². The third-order valence-corrected chi connectivity index (χ3v) is 5.44. The van der Waals surface area contributed by atoms with Crippen molar-refractivity contribution >= 4 is 17.3 Å². The maximum Gasteiger partial charge on any atom is 0.248 e. The number of fused-ring (bicyclic) bond motifs is 1. The highest BCUT2D eigenvalue weighted by molar-refractivity contribution is 6.20. The lowest BCUT2D eigenvalue weighted by Crippen LogP contribution is -2.27. The lowest BCUT2D eigenvalue weighted by Gasteiger charge is -2.20. The Balaban J connectivity index is 1.93. The van der Waals surface area contributed by atoms with Crippen LogP contribution in [-0.2, 0) is 4.79 Å². The summed E-state index contributed by atoms with van der Waals surface area (Å²) in [5.41, 5.74) is 5.10. The Morgan fingerprint density at radius 3 is 2.10 bits per heavy atom. The van der Waals surface area contributed by atoms with Gasteiger partial charge in [-0.3, -0.25) is 9.79 Å². The van der Waals surface area contributed by atoms with Crippen molar-refractivity contribution in [2.24, 2.45) is 4.99 Å². The molecule has 0 spiro atoms. The first kappa shape index (κ1) is 20.5. The Hall–Kier alpha value is -3.80. The average molecular weight is 416 g/mol. The Morgan fingerprint density at radius 1 is 0.839 bits per heavy atom.